The predicted molar refractivity (Wildman–Crippen MR) is 96.4 cm³/mol. The molecule has 0 saturated heterocycles. The fourth-order valence-electron chi connectivity index (χ4n) is 2.11. The van der Waals surface area contributed by atoms with Crippen LogP contribution in [0.15, 0.2) is 70.2 Å². The van der Waals surface area contributed by atoms with E-state index in [2.05, 4.69) is 0 Å². The molecule has 0 radical (unpaired) electrons. The summed E-state index contributed by atoms with van der Waals surface area (Å²) in [6.07, 6.45) is 1.26. The van der Waals surface area contributed by atoms with Crippen LogP contribution in [-0.4, -0.2) is 34.9 Å². The number of rotatable bonds is 7. The maximum atomic E-state index is 14.0. The molecule has 2 N–H and O–H groups in total. The Morgan fingerprint density at radius 3 is 2.04 bits per heavy atom. The van der Waals surface area contributed by atoms with Crippen LogP contribution in [0.2, 0.25) is 0 Å². The first-order chi connectivity index (χ1) is 12.9. The molecule has 0 atom stereocenters. The van der Waals surface area contributed by atoms with Crippen molar-refractivity contribution in [2.24, 2.45) is 5.73 Å². The Labute approximate surface area is 160 Å². The van der Waals surface area contributed by atoms with Crippen molar-refractivity contribution in [3.8, 4) is 11.5 Å². The Morgan fingerprint density at radius 1 is 1.04 bits per heavy atom. The molecule has 6 nitrogen and oxygen atoms in total. The molecule has 0 amide bonds. The highest BCUT2D eigenvalue weighted by Gasteiger charge is 2.50. The van der Waals surface area contributed by atoms with E-state index in [0.717, 1.165) is 24.5 Å². The van der Waals surface area contributed by atoms with Crippen molar-refractivity contribution >= 4 is 19.7 Å². The van der Waals surface area contributed by atoms with Gasteiger partial charge in [-0.3, -0.25) is 0 Å². The summed E-state index contributed by atoms with van der Waals surface area (Å²) in [5.41, 5.74) is 4.95. The second-order valence-corrected chi connectivity index (χ2v) is 9.64. The summed E-state index contributed by atoms with van der Waals surface area (Å²) >= 11 is 0. The number of benzene rings is 2. The van der Waals surface area contributed by atoms with E-state index >= 15 is 0 Å². The van der Waals surface area contributed by atoms with Crippen molar-refractivity contribution in [2.75, 3.05) is 12.8 Å². The number of nitrogens with two attached hydrogens (primary N) is 1. The largest absolute Gasteiger partial charge is 0.457 e. The Hall–Kier alpha value is -2.37. The van der Waals surface area contributed by atoms with Gasteiger partial charge in [0.2, 0.25) is 0 Å². The Kier molecular flexibility index (Phi) is 6.21. The fraction of sp³-hybridized carbons (Fsp3) is 0.176. The summed E-state index contributed by atoms with van der Waals surface area (Å²) in [7, 11) is -8.93. The molecule has 0 aromatic heterocycles. The molecule has 0 aliphatic carbocycles. The van der Waals surface area contributed by atoms with E-state index in [-0.39, 0.29) is 22.5 Å². The summed E-state index contributed by atoms with van der Waals surface area (Å²) in [6.45, 7) is -0.600. The molecule has 0 fully saturated rings. The standard InChI is InChI=1S/C17H16F3NO5S2/c1-27(22,23)14-6-2-4-12(10-14)26-13-5-3-7-15(11-13)28(24,25)17(19,20)16(18)8-9-21/h2-8,10-11H,9,21H2,1H3/b16-8-. The topological polar surface area (TPSA) is 104 Å². The lowest BCUT2D eigenvalue weighted by Crippen LogP contribution is -2.30. The molecule has 0 aliphatic heterocycles. The summed E-state index contributed by atoms with van der Waals surface area (Å²) in [4.78, 5) is -0.927. The van der Waals surface area contributed by atoms with Crippen LogP contribution in [0, 0.1) is 0 Å². The quantitative estimate of drug-likeness (QED) is 0.717. The van der Waals surface area contributed by atoms with Gasteiger partial charge in [-0.15, -0.1) is 0 Å². The number of alkyl halides is 2. The lowest BCUT2D eigenvalue weighted by atomic mass is 10.3. The van der Waals surface area contributed by atoms with Crippen LogP contribution in [-0.2, 0) is 19.7 Å². The lowest BCUT2D eigenvalue weighted by molar-refractivity contribution is 0.105. The summed E-state index contributed by atoms with van der Waals surface area (Å²) < 4.78 is 94.4. The van der Waals surface area contributed by atoms with Gasteiger partial charge in [0.1, 0.15) is 11.5 Å². The van der Waals surface area contributed by atoms with Gasteiger partial charge in [0, 0.05) is 12.8 Å². The van der Waals surface area contributed by atoms with Crippen LogP contribution in [0.4, 0.5) is 13.2 Å². The zero-order valence-electron chi connectivity index (χ0n) is 14.5. The SMILES string of the molecule is CS(=O)(=O)c1cccc(Oc2cccc(S(=O)(=O)C(F)(F)/C(F)=C/CN)c2)c1. The lowest BCUT2D eigenvalue weighted by Gasteiger charge is -2.16. The molecule has 0 bridgehead atoms. The molecule has 0 unspecified atom stereocenters. The summed E-state index contributed by atoms with van der Waals surface area (Å²) in [6, 6.07) is 9.36. The first kappa shape index (κ1) is 21.9. The highest BCUT2D eigenvalue weighted by molar-refractivity contribution is 7.92. The first-order valence-corrected chi connectivity index (χ1v) is 11.0. The average molecular weight is 435 g/mol. The second kappa shape index (κ2) is 7.94. The minimum atomic E-state index is -5.41. The third-order valence-electron chi connectivity index (χ3n) is 3.50. The Bertz CT molecular complexity index is 1110. The van der Waals surface area contributed by atoms with E-state index in [9.17, 15) is 30.0 Å². The van der Waals surface area contributed by atoms with E-state index in [1.54, 1.807) is 0 Å². The van der Waals surface area contributed by atoms with E-state index in [0.29, 0.717) is 0 Å². The van der Waals surface area contributed by atoms with E-state index < -0.39 is 42.2 Å². The summed E-state index contributed by atoms with van der Waals surface area (Å²) in [5, 5.41) is -4.80. The molecule has 2 aromatic carbocycles. The van der Waals surface area contributed by atoms with Crippen LogP contribution in [0.3, 0.4) is 0 Å². The second-order valence-electron chi connectivity index (χ2n) is 5.63. The highest BCUT2D eigenvalue weighted by atomic mass is 32.2. The van der Waals surface area contributed by atoms with Crippen molar-refractivity contribution < 1.29 is 34.7 Å². The molecule has 0 saturated carbocycles. The zero-order chi connectivity index (χ0) is 21.2. The molecule has 0 heterocycles. The first-order valence-electron chi connectivity index (χ1n) is 7.66. The van der Waals surface area contributed by atoms with Gasteiger partial charge in [-0.2, -0.15) is 8.78 Å². The predicted octanol–water partition coefficient (Wildman–Crippen LogP) is 3.06. The van der Waals surface area contributed by atoms with Crippen LogP contribution in [0.25, 0.3) is 0 Å². The van der Waals surface area contributed by atoms with Crippen molar-refractivity contribution in [3.05, 3.63) is 60.4 Å². The average Bonchev–Trinajstić information content (AvgIpc) is 2.61. The fourth-order valence-corrected chi connectivity index (χ4v) is 3.93. The third-order valence-corrected chi connectivity index (χ3v) is 6.35. The maximum Gasteiger partial charge on any atom is 0.400 e. The van der Waals surface area contributed by atoms with Crippen LogP contribution in [0.1, 0.15) is 0 Å². The van der Waals surface area contributed by atoms with Gasteiger partial charge >= 0.3 is 5.25 Å². The van der Waals surface area contributed by atoms with Gasteiger partial charge in [-0.25, -0.2) is 21.2 Å². The molecule has 0 spiro atoms. The van der Waals surface area contributed by atoms with Gasteiger partial charge in [0.25, 0.3) is 9.84 Å². The number of ether oxygens (including phenoxy) is 1. The number of halogens is 3. The number of sulfone groups is 2. The van der Waals surface area contributed by atoms with Crippen molar-refractivity contribution in [1.82, 2.24) is 0 Å². The van der Waals surface area contributed by atoms with Gasteiger partial charge in [-0.05, 0) is 42.5 Å². The molecule has 2 aromatic rings. The van der Waals surface area contributed by atoms with Crippen LogP contribution in [0.5, 0.6) is 11.5 Å². The monoisotopic (exact) mass is 435 g/mol. The van der Waals surface area contributed by atoms with Gasteiger partial charge in [0.05, 0.1) is 9.79 Å². The van der Waals surface area contributed by atoms with Gasteiger partial charge in [0.15, 0.2) is 15.7 Å². The maximum absolute atomic E-state index is 14.0. The molecule has 0 aliphatic rings. The zero-order valence-corrected chi connectivity index (χ0v) is 16.1. The van der Waals surface area contributed by atoms with Gasteiger partial charge in [-0.1, -0.05) is 12.1 Å². The van der Waals surface area contributed by atoms with E-state index in [1.807, 2.05) is 0 Å². The van der Waals surface area contributed by atoms with E-state index in [1.165, 1.54) is 30.3 Å². The molecule has 11 heteroatoms. The van der Waals surface area contributed by atoms with Crippen LogP contribution >= 0.6 is 0 Å². The number of hydrogen-bond donors (Lipinski definition) is 1. The molecule has 152 valence electrons. The minimum Gasteiger partial charge on any atom is -0.457 e. The normalized spacial score (nSPS) is 13.4. The molecular formula is C17H16F3NO5S2. The number of hydrogen-bond acceptors (Lipinski definition) is 6. The Balaban J connectivity index is 2.41. The summed E-state index contributed by atoms with van der Waals surface area (Å²) in [5.74, 6) is -2.30. The highest BCUT2D eigenvalue weighted by Crippen LogP contribution is 2.37. The van der Waals surface area contributed by atoms with Crippen LogP contribution < -0.4 is 10.5 Å². The minimum absolute atomic E-state index is 0.0402. The molecular weight excluding hydrogens is 419 g/mol. The van der Waals surface area contributed by atoms with Crippen molar-refractivity contribution in [2.45, 2.75) is 15.0 Å². The Morgan fingerprint density at radius 2 is 1.54 bits per heavy atom. The molecule has 28 heavy (non-hydrogen) atoms. The molecule has 2 rings (SSSR count). The van der Waals surface area contributed by atoms with Gasteiger partial charge < -0.3 is 10.5 Å². The third kappa shape index (κ3) is 4.54. The smallest absolute Gasteiger partial charge is 0.400 e. The van der Waals surface area contributed by atoms with E-state index in [4.69, 9.17) is 10.5 Å². The van der Waals surface area contributed by atoms with Crippen molar-refractivity contribution in [3.63, 3.8) is 0 Å². The van der Waals surface area contributed by atoms with Crippen molar-refractivity contribution in [1.29, 1.82) is 0 Å².